The number of nitrogens with two attached hydrogens (primary N) is 1. The van der Waals surface area contributed by atoms with E-state index >= 15 is 0 Å². The molecule has 1 aromatic carbocycles. The monoisotopic (exact) mass is 454 g/mol. The van der Waals surface area contributed by atoms with Gasteiger partial charge in [0.25, 0.3) is 11.8 Å². The van der Waals surface area contributed by atoms with Gasteiger partial charge in [-0.15, -0.1) is 0 Å². The maximum Gasteiger partial charge on any atom is 0.262 e. The van der Waals surface area contributed by atoms with Gasteiger partial charge in [-0.3, -0.25) is 34.3 Å². The van der Waals surface area contributed by atoms with Crippen LogP contribution in [0.1, 0.15) is 64.8 Å². The van der Waals surface area contributed by atoms with Crippen LogP contribution in [0.4, 0.5) is 0 Å². The lowest BCUT2D eigenvalue weighted by Crippen LogP contribution is -2.54. The summed E-state index contributed by atoms with van der Waals surface area (Å²) in [5, 5.41) is 2.24. The minimum absolute atomic E-state index is 0.106. The number of benzene rings is 1. The summed E-state index contributed by atoms with van der Waals surface area (Å²) in [7, 11) is 0. The lowest BCUT2D eigenvalue weighted by Gasteiger charge is -2.40. The number of rotatable bonds is 4. The molecule has 3 atom stereocenters. The molecule has 0 spiro atoms. The summed E-state index contributed by atoms with van der Waals surface area (Å²) in [5.41, 5.74) is 7.80. The van der Waals surface area contributed by atoms with Crippen LogP contribution < -0.4 is 11.1 Å². The highest BCUT2D eigenvalue weighted by atomic mass is 16.5. The smallest absolute Gasteiger partial charge is 0.262 e. The van der Waals surface area contributed by atoms with Gasteiger partial charge in [0.1, 0.15) is 6.04 Å². The molecule has 9 nitrogen and oxygen atoms in total. The number of ether oxygens (including phenoxy) is 1. The van der Waals surface area contributed by atoms with E-state index in [9.17, 15) is 19.2 Å². The molecule has 4 amide bonds. The highest BCUT2D eigenvalue weighted by Crippen LogP contribution is 2.32. The minimum Gasteiger partial charge on any atom is -0.376 e. The van der Waals surface area contributed by atoms with Crippen molar-refractivity contribution in [3.8, 4) is 0 Å². The molecular weight excluding hydrogens is 424 g/mol. The number of imide groups is 2. The Morgan fingerprint density at radius 2 is 1.82 bits per heavy atom. The Labute approximate surface area is 192 Å². The molecule has 3 N–H and O–H groups in total. The number of nitrogens with one attached hydrogen (secondary N) is 1. The first-order chi connectivity index (χ1) is 15.9. The molecule has 5 rings (SSSR count). The summed E-state index contributed by atoms with van der Waals surface area (Å²) in [6.07, 6.45) is 4.41. The zero-order valence-electron chi connectivity index (χ0n) is 18.6. The fourth-order valence-corrected chi connectivity index (χ4v) is 5.71. The van der Waals surface area contributed by atoms with E-state index in [4.69, 9.17) is 10.5 Å². The van der Waals surface area contributed by atoms with E-state index in [1.165, 1.54) is 0 Å². The highest BCUT2D eigenvalue weighted by molar-refractivity contribution is 6.24. The molecule has 0 aliphatic carbocycles. The minimum atomic E-state index is -0.946. The molecule has 4 heterocycles. The van der Waals surface area contributed by atoms with Crippen molar-refractivity contribution in [1.29, 1.82) is 0 Å². The largest absolute Gasteiger partial charge is 0.376 e. The molecule has 176 valence electrons. The molecule has 33 heavy (non-hydrogen) atoms. The maximum absolute atomic E-state index is 13.3. The third-order valence-corrected chi connectivity index (χ3v) is 7.46. The number of amides is 4. The molecule has 0 bridgehead atoms. The number of nitrogens with zero attached hydrogens (tertiary/aromatic N) is 2. The van der Waals surface area contributed by atoms with Crippen LogP contribution in [0.5, 0.6) is 0 Å². The van der Waals surface area contributed by atoms with Gasteiger partial charge in [-0.05, 0) is 62.7 Å². The summed E-state index contributed by atoms with van der Waals surface area (Å²) in [6.45, 7) is 3.10. The Kier molecular flexibility index (Phi) is 6.03. The third kappa shape index (κ3) is 4.09. The van der Waals surface area contributed by atoms with Gasteiger partial charge < -0.3 is 10.5 Å². The van der Waals surface area contributed by atoms with Crippen molar-refractivity contribution in [3.63, 3.8) is 0 Å². The summed E-state index contributed by atoms with van der Waals surface area (Å²) < 4.78 is 5.97. The molecule has 4 aliphatic heterocycles. The van der Waals surface area contributed by atoms with E-state index in [0.717, 1.165) is 55.8 Å². The number of carbonyl (C=O) groups excluding carboxylic acids is 4. The second-order valence-electron chi connectivity index (χ2n) is 9.54. The van der Waals surface area contributed by atoms with Gasteiger partial charge in [0.2, 0.25) is 11.8 Å². The zero-order valence-corrected chi connectivity index (χ0v) is 18.6. The average molecular weight is 455 g/mol. The van der Waals surface area contributed by atoms with Crippen molar-refractivity contribution in [3.05, 3.63) is 34.9 Å². The summed E-state index contributed by atoms with van der Waals surface area (Å²) in [4.78, 5) is 53.4. The van der Waals surface area contributed by atoms with Crippen LogP contribution >= 0.6 is 0 Å². The molecule has 3 fully saturated rings. The normalized spacial score (nSPS) is 29.4. The van der Waals surface area contributed by atoms with E-state index in [1.807, 2.05) is 6.07 Å². The summed E-state index contributed by atoms with van der Waals surface area (Å²) in [6, 6.07) is 4.46. The lowest BCUT2D eigenvalue weighted by atomic mass is 9.85. The van der Waals surface area contributed by atoms with E-state index in [-0.39, 0.29) is 30.9 Å². The lowest BCUT2D eigenvalue weighted by molar-refractivity contribution is -0.136. The molecule has 3 saturated heterocycles. The predicted molar refractivity (Wildman–Crippen MR) is 118 cm³/mol. The van der Waals surface area contributed by atoms with Crippen LogP contribution in [-0.4, -0.2) is 71.3 Å². The van der Waals surface area contributed by atoms with E-state index in [0.29, 0.717) is 23.6 Å². The maximum atomic E-state index is 13.3. The van der Waals surface area contributed by atoms with Crippen LogP contribution in [0.3, 0.4) is 0 Å². The van der Waals surface area contributed by atoms with Gasteiger partial charge in [-0.1, -0.05) is 12.1 Å². The van der Waals surface area contributed by atoms with Crippen molar-refractivity contribution in [2.75, 3.05) is 19.7 Å². The van der Waals surface area contributed by atoms with Crippen molar-refractivity contribution in [2.45, 2.75) is 63.3 Å². The Hall–Kier alpha value is -2.62. The van der Waals surface area contributed by atoms with Crippen LogP contribution in [0.25, 0.3) is 0 Å². The van der Waals surface area contributed by atoms with Crippen molar-refractivity contribution in [1.82, 2.24) is 15.1 Å². The zero-order chi connectivity index (χ0) is 23.1. The van der Waals surface area contributed by atoms with E-state index in [2.05, 4.69) is 10.2 Å². The first-order valence-corrected chi connectivity index (χ1v) is 11.9. The summed E-state index contributed by atoms with van der Waals surface area (Å²) in [5.74, 6) is -1.43. The van der Waals surface area contributed by atoms with Crippen molar-refractivity contribution in [2.24, 2.45) is 11.7 Å². The Morgan fingerprint density at radius 1 is 1.03 bits per heavy atom. The fourth-order valence-electron chi connectivity index (χ4n) is 5.71. The predicted octanol–water partition coefficient (Wildman–Crippen LogP) is 0.806. The first-order valence-electron chi connectivity index (χ1n) is 11.9. The molecule has 3 unspecified atom stereocenters. The molecule has 0 aromatic heterocycles. The average Bonchev–Trinajstić information content (AvgIpc) is 3.06. The van der Waals surface area contributed by atoms with Crippen LogP contribution in [-0.2, 0) is 20.9 Å². The molecular formula is C24H30N4O5. The first kappa shape index (κ1) is 22.2. The third-order valence-electron chi connectivity index (χ3n) is 7.46. The van der Waals surface area contributed by atoms with E-state index in [1.54, 1.807) is 12.1 Å². The van der Waals surface area contributed by atoms with Crippen LogP contribution in [0, 0.1) is 5.92 Å². The van der Waals surface area contributed by atoms with Gasteiger partial charge in [-0.2, -0.15) is 0 Å². The number of carbonyl (C=O) groups is 4. The number of likely N-dealkylation sites (tertiary alicyclic amines) is 1. The van der Waals surface area contributed by atoms with Crippen molar-refractivity contribution < 1.29 is 23.9 Å². The Morgan fingerprint density at radius 3 is 2.55 bits per heavy atom. The second kappa shape index (κ2) is 8.96. The Bertz CT molecular complexity index is 987. The quantitative estimate of drug-likeness (QED) is 0.646. The topological polar surface area (TPSA) is 122 Å². The van der Waals surface area contributed by atoms with Gasteiger partial charge in [0, 0.05) is 25.6 Å². The Balaban J connectivity index is 1.28. The van der Waals surface area contributed by atoms with Gasteiger partial charge >= 0.3 is 0 Å². The SMILES string of the molecule is NC1CCCOC1C1CCN(Cc2cccc3c2C(=O)N(C2CCC(=O)NC2=O)C3=O)CC1. The van der Waals surface area contributed by atoms with Gasteiger partial charge in [0.15, 0.2) is 0 Å². The standard InChI is InChI=1S/C24H30N4O5/c25-17-5-2-12-33-21(17)14-8-10-27(11-9-14)13-15-3-1-4-16-20(15)24(32)28(23(16)31)18-6-7-19(29)26-22(18)30/h1,3-4,14,17-18,21H,2,5-13,25H2,(H,26,29,30). The van der Waals surface area contributed by atoms with Crippen LogP contribution in [0.2, 0.25) is 0 Å². The number of fused-ring (bicyclic) bond motifs is 1. The van der Waals surface area contributed by atoms with Gasteiger partial charge in [-0.25, -0.2) is 0 Å². The van der Waals surface area contributed by atoms with Gasteiger partial charge in [0.05, 0.1) is 17.2 Å². The molecule has 9 heteroatoms. The molecule has 4 aliphatic rings. The number of piperidine rings is 2. The molecule has 1 aromatic rings. The number of hydrogen-bond donors (Lipinski definition) is 2. The van der Waals surface area contributed by atoms with E-state index < -0.39 is 23.8 Å². The van der Waals surface area contributed by atoms with Crippen LogP contribution in [0.15, 0.2) is 18.2 Å². The van der Waals surface area contributed by atoms with Crippen molar-refractivity contribution >= 4 is 23.6 Å². The second-order valence-corrected chi connectivity index (χ2v) is 9.54. The fraction of sp³-hybridized carbons (Fsp3) is 0.583. The molecule has 0 saturated carbocycles. The molecule has 0 radical (unpaired) electrons. The number of hydrogen-bond acceptors (Lipinski definition) is 7. The highest BCUT2D eigenvalue weighted by Gasteiger charge is 2.45. The summed E-state index contributed by atoms with van der Waals surface area (Å²) >= 11 is 0.